The summed E-state index contributed by atoms with van der Waals surface area (Å²) in [5.41, 5.74) is 0. The Hall–Kier alpha value is -0.160. The molecule has 0 radical (unpaired) electrons. The fraction of sp³-hybridized carbons (Fsp3) is 1.00. The van der Waals surface area contributed by atoms with Crippen LogP contribution >= 0.6 is 0 Å². The minimum atomic E-state index is 0.459. The molecule has 0 spiro atoms. The van der Waals surface area contributed by atoms with Crippen molar-refractivity contribution in [1.82, 2.24) is 15.1 Å². The van der Waals surface area contributed by atoms with Crippen molar-refractivity contribution in [1.29, 1.82) is 0 Å². The number of ether oxygens (including phenoxy) is 1. The van der Waals surface area contributed by atoms with Crippen LogP contribution in [0.4, 0.5) is 0 Å². The maximum atomic E-state index is 5.65. The standard InChI is InChI=1S/C16H33N3O/c1-4-19-9-7-15(8-10-19)18(3)14(2)12-17-13-16-6-5-11-20-16/h14-17H,4-13H2,1-3H3. The smallest absolute Gasteiger partial charge is 0.0700 e. The highest BCUT2D eigenvalue weighted by molar-refractivity contribution is 4.81. The van der Waals surface area contributed by atoms with E-state index >= 15 is 0 Å². The zero-order chi connectivity index (χ0) is 14.4. The molecule has 4 heteroatoms. The molecule has 0 aromatic carbocycles. The minimum absolute atomic E-state index is 0.459. The fourth-order valence-corrected chi connectivity index (χ4v) is 3.41. The quantitative estimate of drug-likeness (QED) is 0.767. The van der Waals surface area contributed by atoms with Crippen LogP contribution in [0.2, 0.25) is 0 Å². The van der Waals surface area contributed by atoms with E-state index in [2.05, 4.69) is 36.0 Å². The summed E-state index contributed by atoms with van der Waals surface area (Å²) in [5.74, 6) is 0. The van der Waals surface area contributed by atoms with E-state index < -0.39 is 0 Å². The molecule has 0 aromatic heterocycles. The Labute approximate surface area is 124 Å². The molecule has 0 amide bonds. The van der Waals surface area contributed by atoms with Crippen molar-refractivity contribution >= 4 is 0 Å². The molecule has 2 heterocycles. The van der Waals surface area contributed by atoms with E-state index in [9.17, 15) is 0 Å². The predicted molar refractivity (Wildman–Crippen MR) is 84.2 cm³/mol. The number of likely N-dealkylation sites (N-methyl/N-ethyl adjacent to an activating group) is 1. The number of piperidine rings is 1. The monoisotopic (exact) mass is 283 g/mol. The molecule has 2 atom stereocenters. The van der Waals surface area contributed by atoms with Crippen molar-refractivity contribution in [3.8, 4) is 0 Å². The maximum absolute atomic E-state index is 5.65. The summed E-state index contributed by atoms with van der Waals surface area (Å²) in [6, 6.07) is 1.37. The summed E-state index contributed by atoms with van der Waals surface area (Å²) < 4.78 is 5.65. The van der Waals surface area contributed by atoms with Gasteiger partial charge in [-0.15, -0.1) is 0 Å². The van der Waals surface area contributed by atoms with Crippen LogP contribution in [0.5, 0.6) is 0 Å². The molecule has 20 heavy (non-hydrogen) atoms. The Morgan fingerprint density at radius 1 is 1.30 bits per heavy atom. The minimum Gasteiger partial charge on any atom is -0.377 e. The van der Waals surface area contributed by atoms with Crippen LogP contribution in [0.3, 0.4) is 0 Å². The summed E-state index contributed by atoms with van der Waals surface area (Å²) in [6.45, 7) is 11.4. The van der Waals surface area contributed by atoms with Gasteiger partial charge in [-0.3, -0.25) is 4.90 Å². The summed E-state index contributed by atoms with van der Waals surface area (Å²) in [5, 5.41) is 3.59. The highest BCUT2D eigenvalue weighted by atomic mass is 16.5. The third-order valence-corrected chi connectivity index (χ3v) is 5.11. The molecule has 4 nitrogen and oxygen atoms in total. The number of likely N-dealkylation sites (tertiary alicyclic amines) is 1. The van der Waals surface area contributed by atoms with Crippen LogP contribution in [0.1, 0.15) is 39.5 Å². The Morgan fingerprint density at radius 3 is 2.65 bits per heavy atom. The molecule has 2 saturated heterocycles. The van der Waals surface area contributed by atoms with Gasteiger partial charge in [0.1, 0.15) is 0 Å². The maximum Gasteiger partial charge on any atom is 0.0700 e. The summed E-state index contributed by atoms with van der Waals surface area (Å²) in [6.07, 6.45) is 5.56. The summed E-state index contributed by atoms with van der Waals surface area (Å²) in [4.78, 5) is 5.14. The van der Waals surface area contributed by atoms with E-state index in [1.165, 1.54) is 45.3 Å². The van der Waals surface area contributed by atoms with Crippen LogP contribution < -0.4 is 5.32 Å². The number of rotatable bonds is 7. The second kappa shape index (κ2) is 8.32. The molecule has 0 aliphatic carbocycles. The van der Waals surface area contributed by atoms with Gasteiger partial charge in [0.2, 0.25) is 0 Å². The second-order valence-electron chi connectivity index (χ2n) is 6.47. The average molecular weight is 283 g/mol. The number of nitrogens with one attached hydrogen (secondary N) is 1. The van der Waals surface area contributed by atoms with E-state index in [0.717, 1.165) is 25.7 Å². The third-order valence-electron chi connectivity index (χ3n) is 5.11. The van der Waals surface area contributed by atoms with Gasteiger partial charge < -0.3 is 15.0 Å². The van der Waals surface area contributed by atoms with Gasteiger partial charge in [0, 0.05) is 31.8 Å². The van der Waals surface area contributed by atoms with E-state index in [1.54, 1.807) is 0 Å². The zero-order valence-electron chi connectivity index (χ0n) is 13.6. The van der Waals surface area contributed by atoms with Crippen LogP contribution in [-0.2, 0) is 4.74 Å². The summed E-state index contributed by atoms with van der Waals surface area (Å²) >= 11 is 0. The van der Waals surface area contributed by atoms with Crippen LogP contribution in [0.25, 0.3) is 0 Å². The molecule has 2 rings (SSSR count). The first kappa shape index (κ1) is 16.2. The molecule has 2 aliphatic heterocycles. The normalized spacial score (nSPS) is 27.3. The zero-order valence-corrected chi connectivity index (χ0v) is 13.6. The van der Waals surface area contributed by atoms with E-state index in [-0.39, 0.29) is 0 Å². The van der Waals surface area contributed by atoms with E-state index in [0.29, 0.717) is 12.1 Å². The van der Waals surface area contributed by atoms with Gasteiger partial charge in [0.05, 0.1) is 6.10 Å². The Bertz CT molecular complexity index is 260. The van der Waals surface area contributed by atoms with Crippen LogP contribution in [-0.4, -0.2) is 74.4 Å². The average Bonchev–Trinajstić information content (AvgIpc) is 2.99. The molecular formula is C16H33N3O. The lowest BCUT2D eigenvalue weighted by molar-refractivity contribution is 0.0932. The molecule has 118 valence electrons. The SMILES string of the molecule is CCN1CCC(N(C)C(C)CNCC2CCCO2)CC1. The van der Waals surface area contributed by atoms with Crippen molar-refractivity contribution < 1.29 is 4.74 Å². The molecule has 0 bridgehead atoms. The van der Waals surface area contributed by atoms with Crippen LogP contribution in [0.15, 0.2) is 0 Å². The first-order valence-corrected chi connectivity index (χ1v) is 8.47. The van der Waals surface area contributed by atoms with Gasteiger partial charge in [0.15, 0.2) is 0 Å². The molecule has 0 aromatic rings. The van der Waals surface area contributed by atoms with Gasteiger partial charge in [-0.2, -0.15) is 0 Å². The largest absolute Gasteiger partial charge is 0.377 e. The van der Waals surface area contributed by atoms with Gasteiger partial charge >= 0.3 is 0 Å². The molecule has 2 fully saturated rings. The summed E-state index contributed by atoms with van der Waals surface area (Å²) in [7, 11) is 2.30. The number of nitrogens with zero attached hydrogens (tertiary/aromatic N) is 2. The Morgan fingerprint density at radius 2 is 2.05 bits per heavy atom. The lowest BCUT2D eigenvalue weighted by Gasteiger charge is -2.39. The Balaban J connectivity index is 1.62. The number of hydrogen-bond acceptors (Lipinski definition) is 4. The fourth-order valence-electron chi connectivity index (χ4n) is 3.41. The molecule has 2 unspecified atom stereocenters. The van der Waals surface area contributed by atoms with Crippen molar-refractivity contribution in [2.45, 2.75) is 57.7 Å². The lowest BCUT2D eigenvalue weighted by Crippen LogP contribution is -2.49. The second-order valence-corrected chi connectivity index (χ2v) is 6.47. The predicted octanol–water partition coefficient (Wildman–Crippen LogP) is 1.56. The number of hydrogen-bond donors (Lipinski definition) is 1. The molecular weight excluding hydrogens is 250 g/mol. The Kier molecular flexibility index (Phi) is 6.75. The third kappa shape index (κ3) is 4.69. The van der Waals surface area contributed by atoms with Gasteiger partial charge in [-0.1, -0.05) is 6.92 Å². The van der Waals surface area contributed by atoms with Gasteiger partial charge in [-0.25, -0.2) is 0 Å². The van der Waals surface area contributed by atoms with E-state index in [4.69, 9.17) is 4.74 Å². The first-order chi connectivity index (χ1) is 9.70. The topological polar surface area (TPSA) is 27.7 Å². The lowest BCUT2D eigenvalue weighted by atomic mass is 10.0. The van der Waals surface area contributed by atoms with Crippen molar-refractivity contribution in [2.75, 3.05) is 46.4 Å². The van der Waals surface area contributed by atoms with Crippen molar-refractivity contribution in [3.05, 3.63) is 0 Å². The van der Waals surface area contributed by atoms with Crippen molar-refractivity contribution in [3.63, 3.8) is 0 Å². The molecule has 2 aliphatic rings. The highest BCUT2D eigenvalue weighted by Crippen LogP contribution is 2.17. The van der Waals surface area contributed by atoms with Gasteiger partial charge in [-0.05, 0) is 59.3 Å². The van der Waals surface area contributed by atoms with Crippen molar-refractivity contribution in [2.24, 2.45) is 0 Å². The van der Waals surface area contributed by atoms with E-state index in [1.807, 2.05) is 0 Å². The highest BCUT2D eigenvalue weighted by Gasteiger charge is 2.24. The first-order valence-electron chi connectivity index (χ1n) is 8.47. The van der Waals surface area contributed by atoms with Gasteiger partial charge in [0.25, 0.3) is 0 Å². The molecule has 1 N–H and O–H groups in total. The molecule has 0 saturated carbocycles. The van der Waals surface area contributed by atoms with Crippen LogP contribution in [0, 0.1) is 0 Å².